The molecule has 0 saturated heterocycles. The molecule has 0 saturated carbocycles. The first-order chi connectivity index (χ1) is 8.65. The molecule has 3 N–H and O–H groups in total. The molecule has 19 heavy (non-hydrogen) atoms. The molecule has 9 nitrogen and oxygen atoms in total. The molecule has 0 heterocycles. The maximum absolute atomic E-state index is 10.6. The van der Waals surface area contributed by atoms with Gasteiger partial charge in [-0.15, -0.1) is 0 Å². The van der Waals surface area contributed by atoms with E-state index in [-0.39, 0.29) is 17.1 Å². The van der Waals surface area contributed by atoms with Crippen molar-refractivity contribution < 1.29 is 17.9 Å². The van der Waals surface area contributed by atoms with E-state index in [1.807, 2.05) is 0 Å². The summed E-state index contributed by atoms with van der Waals surface area (Å²) in [6, 6.07) is 0. The summed E-state index contributed by atoms with van der Waals surface area (Å²) in [6.45, 7) is 6.58. The van der Waals surface area contributed by atoms with Crippen molar-refractivity contribution in [3.8, 4) is 0 Å². The van der Waals surface area contributed by atoms with Gasteiger partial charge < -0.3 is 5.41 Å². The molecule has 0 aromatic heterocycles. The first-order valence-electron chi connectivity index (χ1n) is 4.64. The van der Waals surface area contributed by atoms with Crippen molar-refractivity contribution in [1.29, 1.82) is 5.41 Å². The molecule has 104 valence electrons. The molecule has 0 aromatic carbocycles. The normalized spacial score (nSPS) is 12.2. The Labute approximate surface area is 109 Å². The Bertz CT molecular complexity index is 561. The molecule has 10 heteroatoms. The lowest BCUT2D eigenvalue weighted by molar-refractivity contribution is -0.418. The number of nitro groups is 1. The van der Waals surface area contributed by atoms with Crippen LogP contribution in [0.25, 0.3) is 0 Å². The third-order valence-electron chi connectivity index (χ3n) is 1.55. The van der Waals surface area contributed by atoms with Crippen LogP contribution in [0.2, 0.25) is 0 Å². The largest absolute Gasteiger partial charge is 0.307 e. The number of rotatable bonds is 8. The summed E-state index contributed by atoms with van der Waals surface area (Å²) in [7, 11) is -4.29. The molecule has 0 rings (SSSR count). The van der Waals surface area contributed by atoms with E-state index in [0.29, 0.717) is 6.21 Å². The maximum atomic E-state index is 10.6. The third kappa shape index (κ3) is 8.40. The van der Waals surface area contributed by atoms with Gasteiger partial charge in [-0.2, -0.15) is 13.5 Å². The minimum atomic E-state index is -4.29. The molecule has 0 aliphatic carbocycles. The van der Waals surface area contributed by atoms with Gasteiger partial charge in [0.05, 0.1) is 10.6 Å². The molecule has 0 atom stereocenters. The second kappa shape index (κ2) is 7.18. The van der Waals surface area contributed by atoms with E-state index >= 15 is 0 Å². The Kier molecular flexibility index (Phi) is 6.30. The Morgan fingerprint density at radius 2 is 2.05 bits per heavy atom. The molecule has 0 aromatic rings. The number of nitrogens with one attached hydrogen (secondary N) is 2. The maximum Gasteiger partial charge on any atom is 0.270 e. The van der Waals surface area contributed by atoms with E-state index in [4.69, 9.17) is 9.96 Å². The van der Waals surface area contributed by atoms with Crippen LogP contribution in [0.15, 0.2) is 41.8 Å². The molecule has 0 amide bonds. The van der Waals surface area contributed by atoms with Crippen LogP contribution in [0.4, 0.5) is 0 Å². The van der Waals surface area contributed by atoms with Crippen LogP contribution in [0.5, 0.6) is 0 Å². The van der Waals surface area contributed by atoms with Crippen molar-refractivity contribution in [2.75, 3.05) is 5.75 Å². The fourth-order valence-corrected chi connectivity index (χ4v) is 1.25. The minimum Gasteiger partial charge on any atom is -0.307 e. The van der Waals surface area contributed by atoms with Gasteiger partial charge in [-0.25, -0.2) is 0 Å². The van der Waals surface area contributed by atoms with Crippen molar-refractivity contribution in [2.45, 2.75) is 0 Å². The lowest BCUT2D eigenvalue weighted by Crippen LogP contribution is -2.19. The first-order valence-corrected chi connectivity index (χ1v) is 6.25. The zero-order chi connectivity index (χ0) is 15.1. The summed E-state index contributed by atoms with van der Waals surface area (Å²) in [5.41, 5.74) is 1.75. The molecule has 0 unspecified atom stereocenters. The van der Waals surface area contributed by atoms with E-state index < -0.39 is 20.8 Å². The summed E-state index contributed by atoms with van der Waals surface area (Å²) in [6.07, 6.45) is 2.90. The van der Waals surface area contributed by atoms with Gasteiger partial charge in [0.25, 0.3) is 15.8 Å². The monoisotopic (exact) mass is 288 g/mol. The van der Waals surface area contributed by atoms with Gasteiger partial charge in [0, 0.05) is 18.0 Å². The quantitative estimate of drug-likeness (QED) is 0.193. The van der Waals surface area contributed by atoms with Crippen LogP contribution in [0.1, 0.15) is 0 Å². The molecule has 0 aliphatic heterocycles. The molecule has 0 fully saturated rings. The van der Waals surface area contributed by atoms with Gasteiger partial charge in [0.1, 0.15) is 5.75 Å². The summed E-state index contributed by atoms with van der Waals surface area (Å²) >= 11 is 0. The highest BCUT2D eigenvalue weighted by Crippen LogP contribution is 1.96. The van der Waals surface area contributed by atoms with Crippen LogP contribution in [-0.2, 0) is 10.1 Å². The van der Waals surface area contributed by atoms with Gasteiger partial charge in [0.15, 0.2) is 0 Å². The van der Waals surface area contributed by atoms with Crippen molar-refractivity contribution in [3.05, 3.63) is 46.8 Å². The molecular formula is C9H12N4O5S. The van der Waals surface area contributed by atoms with Crippen molar-refractivity contribution in [1.82, 2.24) is 5.43 Å². The molecule has 0 spiro atoms. The highest BCUT2D eigenvalue weighted by molar-refractivity contribution is 7.86. The predicted octanol–water partition coefficient (Wildman–Crippen LogP) is 0.330. The highest BCUT2D eigenvalue weighted by Gasteiger charge is 2.08. The Balaban J connectivity index is 4.61. The fraction of sp³-hybridized carbons (Fsp3) is 0.111. The summed E-state index contributed by atoms with van der Waals surface area (Å²) < 4.78 is 29.7. The van der Waals surface area contributed by atoms with Crippen LogP contribution in [-0.4, -0.2) is 35.6 Å². The molecular weight excluding hydrogens is 276 g/mol. The number of nitrogens with zero attached hydrogens (tertiary/aromatic N) is 2. The second-order valence-electron chi connectivity index (χ2n) is 3.19. The number of hydrogen-bond acceptors (Lipinski definition) is 7. The van der Waals surface area contributed by atoms with E-state index in [0.717, 1.165) is 6.08 Å². The zero-order valence-corrected chi connectivity index (χ0v) is 10.6. The van der Waals surface area contributed by atoms with Crippen LogP contribution in [0, 0.1) is 15.5 Å². The van der Waals surface area contributed by atoms with E-state index in [9.17, 15) is 18.5 Å². The third-order valence-corrected chi connectivity index (χ3v) is 2.21. The Morgan fingerprint density at radius 1 is 1.47 bits per heavy atom. The average Bonchev–Trinajstić information content (AvgIpc) is 2.29. The van der Waals surface area contributed by atoms with Gasteiger partial charge in [-0.05, 0) is 12.7 Å². The Hall–Kier alpha value is -2.33. The second-order valence-corrected chi connectivity index (χ2v) is 4.65. The summed E-state index contributed by atoms with van der Waals surface area (Å²) in [5, 5.41) is 20.6. The van der Waals surface area contributed by atoms with Gasteiger partial charge in [0.2, 0.25) is 0 Å². The number of hydrazone groups is 1. The SMILES string of the molecule is C=C(/C=C\C(=C)[N+](=O)[O-])NN=C(C=N)CS(=O)(=O)O. The van der Waals surface area contributed by atoms with E-state index in [2.05, 4.69) is 23.7 Å². The van der Waals surface area contributed by atoms with Gasteiger partial charge in [-0.1, -0.05) is 6.58 Å². The van der Waals surface area contributed by atoms with Crippen molar-refractivity contribution in [3.63, 3.8) is 0 Å². The zero-order valence-electron chi connectivity index (χ0n) is 9.74. The van der Waals surface area contributed by atoms with Crippen LogP contribution in [0.3, 0.4) is 0 Å². The highest BCUT2D eigenvalue weighted by atomic mass is 32.2. The lowest BCUT2D eigenvalue weighted by Gasteiger charge is -2.01. The summed E-state index contributed by atoms with van der Waals surface area (Å²) in [4.78, 5) is 9.53. The molecule has 0 radical (unpaired) electrons. The number of allylic oxidation sites excluding steroid dienone is 2. The molecule has 0 bridgehead atoms. The smallest absolute Gasteiger partial charge is 0.270 e. The van der Waals surface area contributed by atoms with Crippen LogP contribution >= 0.6 is 0 Å². The van der Waals surface area contributed by atoms with Gasteiger partial charge >= 0.3 is 0 Å². The summed E-state index contributed by atoms with van der Waals surface area (Å²) in [5.74, 6) is -0.831. The van der Waals surface area contributed by atoms with Crippen LogP contribution < -0.4 is 5.43 Å². The molecule has 0 aliphatic rings. The van der Waals surface area contributed by atoms with E-state index in [1.165, 1.54) is 6.08 Å². The standard InChI is InChI=1S/C9H12N4O5S/c1-7(3-4-8(2)13(14)15)11-12-9(5-10)6-19(16,17)18/h3-5,10-11H,1-2,6H2,(H,16,17,18)/b4-3-,10-5?,12-9?. The van der Waals surface area contributed by atoms with Gasteiger partial charge in [-0.3, -0.25) is 20.1 Å². The van der Waals surface area contributed by atoms with Crippen molar-refractivity contribution >= 4 is 22.0 Å². The first kappa shape index (κ1) is 16.7. The lowest BCUT2D eigenvalue weighted by atomic mass is 10.4. The van der Waals surface area contributed by atoms with Crippen molar-refractivity contribution in [2.24, 2.45) is 5.10 Å². The average molecular weight is 288 g/mol. The van der Waals surface area contributed by atoms with E-state index in [1.54, 1.807) is 0 Å². The fourth-order valence-electron chi connectivity index (χ4n) is 0.732. The number of hydrogen-bond donors (Lipinski definition) is 3. The topological polar surface area (TPSA) is 146 Å². The minimum absolute atomic E-state index is 0.109. The Morgan fingerprint density at radius 3 is 2.47 bits per heavy atom. The predicted molar refractivity (Wildman–Crippen MR) is 70.2 cm³/mol.